The lowest BCUT2D eigenvalue weighted by Gasteiger charge is -2.36. The van der Waals surface area contributed by atoms with E-state index in [0.717, 1.165) is 50.7 Å². The number of hydrogen-bond acceptors (Lipinski definition) is 2. The maximum atomic E-state index is 13.8. The van der Waals surface area contributed by atoms with E-state index in [1.54, 1.807) is 0 Å². The Morgan fingerprint density at radius 2 is 1.88 bits per heavy atom. The van der Waals surface area contributed by atoms with Gasteiger partial charge in [0.25, 0.3) is 0 Å². The summed E-state index contributed by atoms with van der Waals surface area (Å²) in [5.41, 5.74) is 0.276. The standard InChI is InChI=1S/C20H30F2N4/c1-2-23-20(24-14-15-13-16(21)7-8-19(15)22)25-17-9-11-26(12-10-17)18-5-3-4-6-18/h7-8,13,17-18H,2-6,9-12,14H2,1H3,(H2,23,24,25). The van der Waals surface area contributed by atoms with Crippen molar-refractivity contribution >= 4 is 5.96 Å². The van der Waals surface area contributed by atoms with Crippen LogP contribution in [0.25, 0.3) is 0 Å². The van der Waals surface area contributed by atoms with Gasteiger partial charge in [-0.3, -0.25) is 0 Å². The van der Waals surface area contributed by atoms with Crippen LogP contribution < -0.4 is 10.6 Å². The second-order valence-corrected chi connectivity index (χ2v) is 7.32. The van der Waals surface area contributed by atoms with Gasteiger partial charge in [0.15, 0.2) is 5.96 Å². The smallest absolute Gasteiger partial charge is 0.191 e. The van der Waals surface area contributed by atoms with Gasteiger partial charge in [-0.2, -0.15) is 0 Å². The summed E-state index contributed by atoms with van der Waals surface area (Å²) in [6.07, 6.45) is 7.63. The minimum Gasteiger partial charge on any atom is -0.357 e. The molecule has 1 aromatic carbocycles. The minimum absolute atomic E-state index is 0.125. The Bertz CT molecular complexity index is 606. The Hall–Kier alpha value is -1.69. The van der Waals surface area contributed by atoms with Gasteiger partial charge >= 0.3 is 0 Å². The molecular weight excluding hydrogens is 334 g/mol. The molecule has 1 saturated carbocycles. The van der Waals surface area contributed by atoms with E-state index in [4.69, 9.17) is 0 Å². The van der Waals surface area contributed by atoms with Crippen LogP contribution in [0.4, 0.5) is 8.78 Å². The summed E-state index contributed by atoms with van der Waals surface area (Å²) in [5, 5.41) is 6.68. The minimum atomic E-state index is -0.436. The van der Waals surface area contributed by atoms with E-state index in [-0.39, 0.29) is 12.1 Å². The molecule has 6 heteroatoms. The molecule has 1 aliphatic carbocycles. The number of nitrogens with zero attached hydrogens (tertiary/aromatic N) is 2. The van der Waals surface area contributed by atoms with E-state index in [0.29, 0.717) is 12.0 Å². The third-order valence-corrected chi connectivity index (χ3v) is 5.47. The van der Waals surface area contributed by atoms with Gasteiger partial charge in [-0.25, -0.2) is 13.8 Å². The highest BCUT2D eigenvalue weighted by Crippen LogP contribution is 2.26. The van der Waals surface area contributed by atoms with Crippen LogP contribution >= 0.6 is 0 Å². The number of nitrogens with one attached hydrogen (secondary N) is 2. The van der Waals surface area contributed by atoms with E-state index in [2.05, 4.69) is 20.5 Å². The van der Waals surface area contributed by atoms with E-state index < -0.39 is 11.6 Å². The van der Waals surface area contributed by atoms with Crippen molar-refractivity contribution in [1.82, 2.24) is 15.5 Å². The fourth-order valence-electron chi connectivity index (χ4n) is 4.02. The highest BCUT2D eigenvalue weighted by Gasteiger charge is 2.27. The van der Waals surface area contributed by atoms with Crippen molar-refractivity contribution < 1.29 is 8.78 Å². The summed E-state index contributed by atoms with van der Waals surface area (Å²) in [6, 6.07) is 4.66. The summed E-state index contributed by atoms with van der Waals surface area (Å²) in [7, 11) is 0. The van der Waals surface area contributed by atoms with E-state index in [1.165, 1.54) is 31.7 Å². The maximum Gasteiger partial charge on any atom is 0.191 e. The summed E-state index contributed by atoms with van der Waals surface area (Å²) < 4.78 is 27.1. The van der Waals surface area contributed by atoms with Crippen LogP contribution in [0.2, 0.25) is 0 Å². The predicted molar refractivity (Wildman–Crippen MR) is 101 cm³/mol. The molecule has 144 valence electrons. The number of piperidine rings is 1. The maximum absolute atomic E-state index is 13.8. The van der Waals surface area contributed by atoms with Gasteiger partial charge in [0, 0.05) is 37.3 Å². The second-order valence-electron chi connectivity index (χ2n) is 7.32. The lowest BCUT2D eigenvalue weighted by molar-refractivity contribution is 0.150. The van der Waals surface area contributed by atoms with Crippen molar-refractivity contribution in [3.05, 3.63) is 35.4 Å². The number of halogens is 2. The molecule has 2 N–H and O–H groups in total. The van der Waals surface area contributed by atoms with Crippen LogP contribution in [0.3, 0.4) is 0 Å². The monoisotopic (exact) mass is 364 g/mol. The van der Waals surface area contributed by atoms with Crippen molar-refractivity contribution in [2.24, 2.45) is 4.99 Å². The topological polar surface area (TPSA) is 39.7 Å². The highest BCUT2D eigenvalue weighted by atomic mass is 19.1. The molecule has 1 aromatic rings. The zero-order chi connectivity index (χ0) is 18.4. The van der Waals surface area contributed by atoms with Gasteiger partial charge in [-0.05, 0) is 50.8 Å². The number of guanidine groups is 1. The first-order valence-electron chi connectivity index (χ1n) is 9.88. The zero-order valence-corrected chi connectivity index (χ0v) is 15.6. The van der Waals surface area contributed by atoms with E-state index in [1.807, 2.05) is 6.92 Å². The average molecular weight is 364 g/mol. The van der Waals surface area contributed by atoms with Crippen LogP contribution in [0.15, 0.2) is 23.2 Å². The highest BCUT2D eigenvalue weighted by molar-refractivity contribution is 5.80. The van der Waals surface area contributed by atoms with Crippen molar-refractivity contribution in [2.45, 2.75) is 64.1 Å². The van der Waals surface area contributed by atoms with Crippen LogP contribution in [-0.4, -0.2) is 42.6 Å². The normalized spacial score (nSPS) is 20.5. The average Bonchev–Trinajstić information content (AvgIpc) is 3.18. The molecule has 0 aromatic heterocycles. The first-order chi connectivity index (χ1) is 12.7. The number of benzene rings is 1. The van der Waals surface area contributed by atoms with Gasteiger partial charge in [-0.15, -0.1) is 0 Å². The molecular formula is C20H30F2N4. The summed E-state index contributed by atoms with van der Waals surface area (Å²) in [6.45, 7) is 5.11. The van der Waals surface area contributed by atoms with Crippen LogP contribution in [-0.2, 0) is 6.54 Å². The molecule has 26 heavy (non-hydrogen) atoms. The fourth-order valence-corrected chi connectivity index (χ4v) is 4.02. The van der Waals surface area contributed by atoms with Crippen LogP contribution in [0.1, 0.15) is 51.0 Å². The molecule has 1 aliphatic heterocycles. The van der Waals surface area contributed by atoms with E-state index >= 15 is 0 Å². The lowest BCUT2D eigenvalue weighted by atomic mass is 10.0. The quantitative estimate of drug-likeness (QED) is 0.621. The Labute approximate surface area is 155 Å². The SMILES string of the molecule is CCNC(=NCc1cc(F)ccc1F)NC1CCN(C2CCCC2)CC1. The molecule has 0 amide bonds. The summed E-state index contributed by atoms with van der Waals surface area (Å²) in [4.78, 5) is 7.09. The first kappa shape index (κ1) is 19.1. The predicted octanol–water partition coefficient (Wildman–Crippen LogP) is 3.43. The van der Waals surface area contributed by atoms with Crippen LogP contribution in [0, 0.1) is 11.6 Å². The number of likely N-dealkylation sites (tertiary alicyclic amines) is 1. The third kappa shape index (κ3) is 5.16. The van der Waals surface area contributed by atoms with Gasteiger partial charge in [0.2, 0.25) is 0 Å². The number of hydrogen-bond donors (Lipinski definition) is 2. The van der Waals surface area contributed by atoms with Gasteiger partial charge in [-0.1, -0.05) is 12.8 Å². The molecule has 0 radical (unpaired) electrons. The van der Waals surface area contributed by atoms with Gasteiger partial charge < -0.3 is 15.5 Å². The molecule has 4 nitrogen and oxygen atoms in total. The number of aliphatic imine (C=N–C) groups is 1. The molecule has 1 saturated heterocycles. The molecule has 0 unspecified atom stereocenters. The van der Waals surface area contributed by atoms with Crippen molar-refractivity contribution in [3.63, 3.8) is 0 Å². The fraction of sp³-hybridized carbons (Fsp3) is 0.650. The molecule has 0 spiro atoms. The van der Waals surface area contributed by atoms with Crippen LogP contribution in [0.5, 0.6) is 0 Å². The Balaban J connectivity index is 1.54. The Kier molecular flexibility index (Phi) is 6.83. The van der Waals surface area contributed by atoms with Gasteiger partial charge in [0.05, 0.1) is 6.54 Å². The van der Waals surface area contributed by atoms with Gasteiger partial charge in [0.1, 0.15) is 11.6 Å². The van der Waals surface area contributed by atoms with Crippen molar-refractivity contribution in [2.75, 3.05) is 19.6 Å². The lowest BCUT2D eigenvalue weighted by Crippen LogP contribution is -2.50. The molecule has 2 fully saturated rings. The zero-order valence-electron chi connectivity index (χ0n) is 15.6. The largest absolute Gasteiger partial charge is 0.357 e. The van der Waals surface area contributed by atoms with E-state index in [9.17, 15) is 8.78 Å². The first-order valence-corrected chi connectivity index (χ1v) is 9.88. The summed E-state index contributed by atoms with van der Waals surface area (Å²) >= 11 is 0. The number of rotatable bonds is 5. The Morgan fingerprint density at radius 3 is 2.58 bits per heavy atom. The van der Waals surface area contributed by atoms with Crippen molar-refractivity contribution in [3.8, 4) is 0 Å². The van der Waals surface area contributed by atoms with Crippen molar-refractivity contribution in [1.29, 1.82) is 0 Å². The summed E-state index contributed by atoms with van der Waals surface area (Å²) in [5.74, 6) is -0.180. The molecule has 2 aliphatic rings. The second kappa shape index (κ2) is 9.31. The molecule has 1 heterocycles. The third-order valence-electron chi connectivity index (χ3n) is 5.47. The molecule has 3 rings (SSSR count). The Morgan fingerprint density at radius 1 is 1.15 bits per heavy atom. The molecule has 0 bridgehead atoms. The molecule has 0 atom stereocenters.